The van der Waals surface area contributed by atoms with Crippen molar-refractivity contribution in [1.82, 2.24) is 0 Å². The third kappa shape index (κ3) is 2.71. The molecule has 0 unspecified atom stereocenters. The van der Waals surface area contributed by atoms with E-state index in [1.165, 1.54) is 26.4 Å². The van der Waals surface area contributed by atoms with Gasteiger partial charge in [-0.15, -0.1) is 0 Å². The highest BCUT2D eigenvalue weighted by Crippen LogP contribution is 2.41. The van der Waals surface area contributed by atoms with Crippen molar-refractivity contribution < 1.29 is 14.6 Å². The number of esters is 1. The Bertz CT molecular complexity index is 209. The molecule has 0 bridgehead atoms. The lowest BCUT2D eigenvalue weighted by atomic mass is 9.68. The molecular weight excluding hydrogens is 192 g/mol. The van der Waals surface area contributed by atoms with E-state index in [4.69, 9.17) is 9.84 Å². The van der Waals surface area contributed by atoms with E-state index in [0.717, 1.165) is 12.8 Å². The van der Waals surface area contributed by atoms with Gasteiger partial charge in [-0.3, -0.25) is 4.79 Å². The van der Waals surface area contributed by atoms with Gasteiger partial charge in [0.05, 0.1) is 12.5 Å². The number of rotatable bonds is 4. The molecule has 1 atom stereocenters. The fraction of sp³-hybridized carbons (Fsp3) is 0.917. The number of aliphatic hydroxyl groups excluding tert-OH is 1. The van der Waals surface area contributed by atoms with Gasteiger partial charge in [0.1, 0.15) is 0 Å². The van der Waals surface area contributed by atoms with Crippen LogP contribution in [0.3, 0.4) is 0 Å². The fourth-order valence-electron chi connectivity index (χ4n) is 2.68. The Balaban J connectivity index is 2.73. The Morgan fingerprint density at radius 1 is 1.40 bits per heavy atom. The molecule has 0 radical (unpaired) electrons. The molecule has 0 spiro atoms. The highest BCUT2D eigenvalue weighted by Gasteiger charge is 2.41. The van der Waals surface area contributed by atoms with Gasteiger partial charge < -0.3 is 9.84 Å². The van der Waals surface area contributed by atoms with E-state index >= 15 is 0 Å². The van der Waals surface area contributed by atoms with Gasteiger partial charge in [0, 0.05) is 6.61 Å². The molecule has 0 amide bonds. The van der Waals surface area contributed by atoms with Crippen molar-refractivity contribution in [3.63, 3.8) is 0 Å². The van der Waals surface area contributed by atoms with Crippen molar-refractivity contribution in [2.45, 2.75) is 45.4 Å². The predicted octanol–water partition coefficient (Wildman–Crippen LogP) is 2.13. The summed E-state index contributed by atoms with van der Waals surface area (Å²) in [6, 6.07) is 0. The standard InChI is InChI=1S/C12H22O3/c1-12(8-9-13,11(14)15-2)10-6-4-3-5-7-10/h10,13H,3-9H2,1-2H3/t12-/m0/s1. The normalized spacial score (nSPS) is 22.1. The molecule has 1 rings (SSSR count). The lowest BCUT2D eigenvalue weighted by Gasteiger charge is -2.37. The van der Waals surface area contributed by atoms with Gasteiger partial charge in [-0.05, 0) is 32.1 Å². The largest absolute Gasteiger partial charge is 0.469 e. The van der Waals surface area contributed by atoms with Crippen LogP contribution in [0, 0.1) is 11.3 Å². The number of methoxy groups -OCH3 is 1. The Morgan fingerprint density at radius 2 is 2.00 bits per heavy atom. The van der Waals surface area contributed by atoms with Crippen molar-refractivity contribution >= 4 is 5.97 Å². The van der Waals surface area contributed by atoms with Gasteiger partial charge in [0.2, 0.25) is 0 Å². The molecule has 1 aliphatic carbocycles. The van der Waals surface area contributed by atoms with Crippen molar-refractivity contribution in [2.75, 3.05) is 13.7 Å². The number of aliphatic hydroxyl groups is 1. The lowest BCUT2D eigenvalue weighted by molar-refractivity contribution is -0.157. The monoisotopic (exact) mass is 214 g/mol. The van der Waals surface area contributed by atoms with Crippen LogP contribution in [0.1, 0.15) is 45.4 Å². The molecule has 0 heterocycles. The first-order valence-electron chi connectivity index (χ1n) is 5.84. The Morgan fingerprint density at radius 3 is 2.47 bits per heavy atom. The van der Waals surface area contributed by atoms with E-state index in [0.29, 0.717) is 12.3 Å². The molecule has 88 valence electrons. The summed E-state index contributed by atoms with van der Waals surface area (Å²) < 4.78 is 4.87. The maximum Gasteiger partial charge on any atom is 0.311 e. The minimum absolute atomic E-state index is 0.0576. The maximum absolute atomic E-state index is 11.8. The van der Waals surface area contributed by atoms with Crippen LogP contribution in [0.2, 0.25) is 0 Å². The molecule has 1 saturated carbocycles. The number of carbonyl (C=O) groups excluding carboxylic acids is 1. The zero-order chi connectivity index (χ0) is 11.3. The van der Waals surface area contributed by atoms with Crippen LogP contribution in [0.25, 0.3) is 0 Å². The average molecular weight is 214 g/mol. The third-order valence-electron chi connectivity index (χ3n) is 3.79. The molecule has 3 nitrogen and oxygen atoms in total. The number of hydrogen-bond donors (Lipinski definition) is 1. The van der Waals surface area contributed by atoms with E-state index < -0.39 is 5.41 Å². The molecule has 1 aliphatic rings. The summed E-state index contributed by atoms with van der Waals surface area (Å²) in [5.41, 5.74) is -0.482. The van der Waals surface area contributed by atoms with Gasteiger partial charge >= 0.3 is 5.97 Å². The average Bonchev–Trinajstić information content (AvgIpc) is 2.29. The number of hydrogen-bond acceptors (Lipinski definition) is 3. The molecule has 0 aromatic heterocycles. The molecule has 0 aliphatic heterocycles. The molecule has 0 aromatic rings. The molecule has 3 heteroatoms. The first-order chi connectivity index (χ1) is 7.15. The van der Waals surface area contributed by atoms with Gasteiger partial charge in [-0.1, -0.05) is 19.3 Å². The van der Waals surface area contributed by atoms with Crippen molar-refractivity contribution in [3.8, 4) is 0 Å². The Hall–Kier alpha value is -0.570. The predicted molar refractivity (Wildman–Crippen MR) is 58.4 cm³/mol. The first kappa shape index (κ1) is 12.5. The molecule has 0 aromatic carbocycles. The van der Waals surface area contributed by atoms with Crippen molar-refractivity contribution in [3.05, 3.63) is 0 Å². The molecule has 15 heavy (non-hydrogen) atoms. The molecule has 1 N–H and O–H groups in total. The Kier molecular flexibility index (Phi) is 4.58. The van der Waals surface area contributed by atoms with E-state index in [-0.39, 0.29) is 12.6 Å². The zero-order valence-electron chi connectivity index (χ0n) is 9.79. The SMILES string of the molecule is COC(=O)[C@@](C)(CCO)C1CCCCC1. The zero-order valence-corrected chi connectivity index (χ0v) is 9.79. The van der Waals surface area contributed by atoms with Gasteiger partial charge in [0.15, 0.2) is 0 Å². The van der Waals surface area contributed by atoms with E-state index in [1.54, 1.807) is 0 Å². The van der Waals surface area contributed by atoms with Crippen LogP contribution >= 0.6 is 0 Å². The second-order valence-electron chi connectivity index (χ2n) is 4.72. The second kappa shape index (κ2) is 5.50. The summed E-state index contributed by atoms with van der Waals surface area (Å²) in [4.78, 5) is 11.8. The third-order valence-corrected chi connectivity index (χ3v) is 3.79. The van der Waals surface area contributed by atoms with E-state index in [2.05, 4.69) is 0 Å². The summed E-state index contributed by atoms with van der Waals surface area (Å²) >= 11 is 0. The van der Waals surface area contributed by atoms with E-state index in [1.807, 2.05) is 6.92 Å². The maximum atomic E-state index is 11.8. The van der Waals surface area contributed by atoms with Gasteiger partial charge in [-0.25, -0.2) is 0 Å². The van der Waals surface area contributed by atoms with Crippen LogP contribution < -0.4 is 0 Å². The molecular formula is C12H22O3. The fourth-order valence-corrected chi connectivity index (χ4v) is 2.68. The van der Waals surface area contributed by atoms with Crippen molar-refractivity contribution in [2.24, 2.45) is 11.3 Å². The summed E-state index contributed by atoms with van der Waals surface area (Å²) in [6.07, 6.45) is 6.36. The topological polar surface area (TPSA) is 46.5 Å². The molecule has 0 saturated heterocycles. The van der Waals surface area contributed by atoms with Crippen molar-refractivity contribution in [1.29, 1.82) is 0 Å². The van der Waals surface area contributed by atoms with Crippen LogP contribution in [0.5, 0.6) is 0 Å². The molecule has 1 fully saturated rings. The minimum atomic E-state index is -0.482. The van der Waals surface area contributed by atoms with Crippen LogP contribution in [0.15, 0.2) is 0 Å². The summed E-state index contributed by atoms with van der Waals surface area (Å²) in [6.45, 7) is 1.99. The minimum Gasteiger partial charge on any atom is -0.469 e. The summed E-state index contributed by atoms with van der Waals surface area (Å²) in [5.74, 6) is 0.217. The summed E-state index contributed by atoms with van der Waals surface area (Å²) in [7, 11) is 1.43. The van der Waals surface area contributed by atoms with Crippen LogP contribution in [-0.4, -0.2) is 24.8 Å². The number of ether oxygens (including phenoxy) is 1. The second-order valence-corrected chi connectivity index (χ2v) is 4.72. The Labute approximate surface area is 91.8 Å². The van der Waals surface area contributed by atoms with Gasteiger partial charge in [-0.2, -0.15) is 0 Å². The van der Waals surface area contributed by atoms with Crippen LogP contribution in [-0.2, 0) is 9.53 Å². The highest BCUT2D eigenvalue weighted by atomic mass is 16.5. The quantitative estimate of drug-likeness (QED) is 0.729. The highest BCUT2D eigenvalue weighted by molar-refractivity contribution is 5.76. The first-order valence-corrected chi connectivity index (χ1v) is 5.84. The van der Waals surface area contributed by atoms with E-state index in [9.17, 15) is 4.79 Å². The van der Waals surface area contributed by atoms with Crippen LogP contribution in [0.4, 0.5) is 0 Å². The lowest BCUT2D eigenvalue weighted by Crippen LogP contribution is -2.38. The van der Waals surface area contributed by atoms with Gasteiger partial charge in [0.25, 0.3) is 0 Å². The number of carbonyl (C=O) groups is 1. The smallest absolute Gasteiger partial charge is 0.311 e. The summed E-state index contributed by atoms with van der Waals surface area (Å²) in [5, 5.41) is 9.07.